The molecule has 1 aliphatic heterocycles. The molecule has 0 aromatic carbocycles. The fourth-order valence-electron chi connectivity index (χ4n) is 4.24. The topological polar surface area (TPSA) is 107 Å². The normalized spacial score (nSPS) is 24.7. The zero-order valence-corrected chi connectivity index (χ0v) is 20.5. The van der Waals surface area contributed by atoms with E-state index >= 15 is 0 Å². The second kappa shape index (κ2) is 10.6. The molecule has 0 unspecified atom stereocenters. The second-order valence-corrected chi connectivity index (χ2v) is 9.58. The minimum absolute atomic E-state index is 0.0745. The van der Waals surface area contributed by atoms with Crippen molar-refractivity contribution in [2.75, 3.05) is 20.3 Å². The standard InChI is InChI=1S/C23H39N3O6/c1-8-23(9-2)14-18(27)26(20(25-23)24-21(29)32-22(4,5)6)17(11-12-30-7)15-13-16(15)19(28)31-10-3/h15-17H,8-14H2,1-7H3,(H,24,25,29)/t15-,16-,17+/m0/s1. The number of nitrogens with one attached hydrogen (secondary N) is 1. The molecule has 182 valence electrons. The van der Waals surface area contributed by atoms with E-state index in [1.807, 2.05) is 13.8 Å². The molecule has 2 fully saturated rings. The van der Waals surface area contributed by atoms with Gasteiger partial charge in [0, 0.05) is 25.3 Å². The number of nitrogens with zero attached hydrogens (tertiary/aromatic N) is 2. The van der Waals surface area contributed by atoms with Gasteiger partial charge >= 0.3 is 12.1 Å². The molecule has 0 aromatic heterocycles. The third-order valence-corrected chi connectivity index (χ3v) is 6.18. The van der Waals surface area contributed by atoms with Gasteiger partial charge in [-0.05, 0) is 59.3 Å². The minimum Gasteiger partial charge on any atom is -0.466 e. The zero-order valence-electron chi connectivity index (χ0n) is 20.5. The fraction of sp³-hybridized carbons (Fsp3) is 0.826. The van der Waals surface area contributed by atoms with E-state index in [0.29, 0.717) is 38.9 Å². The Labute approximate surface area is 191 Å². The SMILES string of the molecule is CCOC(=O)[C@H]1C[C@@H]1[C@@H](CCOC)N1C(=O)CC(CC)(CC)N/C1=N\C(=O)OC(C)(C)C. The van der Waals surface area contributed by atoms with Crippen LogP contribution in [0.2, 0.25) is 0 Å². The van der Waals surface area contributed by atoms with Crippen LogP contribution >= 0.6 is 0 Å². The van der Waals surface area contributed by atoms with Gasteiger partial charge in [0.1, 0.15) is 5.60 Å². The molecule has 1 N–H and O–H groups in total. The van der Waals surface area contributed by atoms with Crippen LogP contribution in [0.3, 0.4) is 0 Å². The number of methoxy groups -OCH3 is 1. The molecule has 2 amide bonds. The van der Waals surface area contributed by atoms with E-state index < -0.39 is 17.2 Å². The fourth-order valence-corrected chi connectivity index (χ4v) is 4.24. The van der Waals surface area contributed by atoms with Crippen molar-refractivity contribution in [2.24, 2.45) is 16.8 Å². The Bertz CT molecular complexity index is 726. The van der Waals surface area contributed by atoms with Gasteiger partial charge in [0.05, 0.1) is 18.9 Å². The first-order valence-corrected chi connectivity index (χ1v) is 11.6. The summed E-state index contributed by atoms with van der Waals surface area (Å²) in [7, 11) is 1.60. The lowest BCUT2D eigenvalue weighted by Gasteiger charge is -2.45. The summed E-state index contributed by atoms with van der Waals surface area (Å²) in [5, 5.41) is 3.37. The Morgan fingerprint density at radius 1 is 1.25 bits per heavy atom. The number of hydrogen-bond donors (Lipinski definition) is 1. The van der Waals surface area contributed by atoms with E-state index in [2.05, 4.69) is 10.3 Å². The average molecular weight is 454 g/mol. The van der Waals surface area contributed by atoms with Crippen LogP contribution in [0, 0.1) is 11.8 Å². The van der Waals surface area contributed by atoms with Gasteiger partial charge in [0.15, 0.2) is 0 Å². The van der Waals surface area contributed by atoms with Gasteiger partial charge in [-0.2, -0.15) is 0 Å². The van der Waals surface area contributed by atoms with Crippen LogP contribution < -0.4 is 5.32 Å². The van der Waals surface area contributed by atoms with Crippen molar-refractivity contribution >= 4 is 23.9 Å². The van der Waals surface area contributed by atoms with Gasteiger partial charge in [-0.1, -0.05) is 13.8 Å². The molecule has 0 bridgehead atoms. The van der Waals surface area contributed by atoms with Crippen molar-refractivity contribution in [2.45, 2.75) is 90.8 Å². The summed E-state index contributed by atoms with van der Waals surface area (Å²) < 4.78 is 15.8. The number of carbonyl (C=O) groups is 3. The molecule has 2 rings (SSSR count). The minimum atomic E-state index is -0.760. The summed E-state index contributed by atoms with van der Waals surface area (Å²) in [6.07, 6.45) is 2.08. The van der Waals surface area contributed by atoms with E-state index in [9.17, 15) is 14.4 Å². The van der Waals surface area contributed by atoms with Crippen LogP contribution in [0.5, 0.6) is 0 Å². The average Bonchev–Trinajstić information content (AvgIpc) is 3.49. The maximum Gasteiger partial charge on any atom is 0.437 e. The number of aliphatic imine (C=N–C) groups is 1. The number of esters is 1. The summed E-state index contributed by atoms with van der Waals surface area (Å²) in [6, 6.07) is -0.336. The number of hydrogen-bond acceptors (Lipinski definition) is 6. The number of ether oxygens (including phenoxy) is 3. The first-order valence-electron chi connectivity index (χ1n) is 11.6. The predicted octanol–water partition coefficient (Wildman–Crippen LogP) is 3.26. The van der Waals surface area contributed by atoms with Crippen LogP contribution in [0.25, 0.3) is 0 Å². The van der Waals surface area contributed by atoms with Crippen molar-refractivity contribution < 1.29 is 28.6 Å². The predicted molar refractivity (Wildman–Crippen MR) is 120 cm³/mol. The molecule has 0 spiro atoms. The first kappa shape index (κ1) is 26.1. The van der Waals surface area contributed by atoms with Crippen LogP contribution in [-0.4, -0.2) is 66.3 Å². The van der Waals surface area contributed by atoms with E-state index in [1.54, 1.807) is 39.7 Å². The summed E-state index contributed by atoms with van der Waals surface area (Å²) in [6.45, 7) is 11.8. The van der Waals surface area contributed by atoms with Crippen LogP contribution in [0.4, 0.5) is 4.79 Å². The second-order valence-electron chi connectivity index (χ2n) is 9.58. The molecule has 2 aliphatic rings. The molecule has 32 heavy (non-hydrogen) atoms. The highest BCUT2D eigenvalue weighted by molar-refractivity contribution is 6.04. The van der Waals surface area contributed by atoms with Crippen molar-refractivity contribution in [1.82, 2.24) is 10.2 Å². The molecule has 1 aliphatic carbocycles. The lowest BCUT2D eigenvalue weighted by atomic mass is 9.86. The molecule has 0 radical (unpaired) electrons. The molecule has 1 heterocycles. The van der Waals surface area contributed by atoms with Crippen LogP contribution in [0.1, 0.15) is 73.6 Å². The Morgan fingerprint density at radius 2 is 1.91 bits per heavy atom. The van der Waals surface area contributed by atoms with Crippen molar-refractivity contribution in [3.63, 3.8) is 0 Å². The molecule has 3 atom stereocenters. The lowest BCUT2D eigenvalue weighted by Crippen LogP contribution is -2.65. The lowest BCUT2D eigenvalue weighted by molar-refractivity contribution is -0.145. The van der Waals surface area contributed by atoms with Gasteiger partial charge in [-0.3, -0.25) is 14.5 Å². The maximum atomic E-state index is 13.4. The number of carbonyl (C=O) groups excluding carboxylic acids is 3. The highest BCUT2D eigenvalue weighted by atomic mass is 16.6. The summed E-state index contributed by atoms with van der Waals surface area (Å²) in [4.78, 5) is 44.0. The quantitative estimate of drug-likeness (QED) is 0.534. The van der Waals surface area contributed by atoms with Crippen molar-refractivity contribution in [3.8, 4) is 0 Å². The number of rotatable bonds is 9. The van der Waals surface area contributed by atoms with Gasteiger partial charge in [-0.15, -0.1) is 4.99 Å². The zero-order chi connectivity index (χ0) is 24.1. The summed E-state index contributed by atoms with van der Waals surface area (Å²) in [5.74, 6) is -0.523. The molecule has 1 saturated heterocycles. The van der Waals surface area contributed by atoms with Crippen LogP contribution in [-0.2, 0) is 23.8 Å². The third-order valence-electron chi connectivity index (χ3n) is 6.18. The maximum absolute atomic E-state index is 13.4. The van der Waals surface area contributed by atoms with E-state index in [1.165, 1.54) is 0 Å². The van der Waals surface area contributed by atoms with Crippen LogP contribution in [0.15, 0.2) is 4.99 Å². The summed E-state index contributed by atoms with van der Waals surface area (Å²) in [5.41, 5.74) is -1.19. The van der Waals surface area contributed by atoms with Gasteiger partial charge < -0.3 is 19.5 Å². The molecule has 1 saturated carbocycles. The Balaban J connectivity index is 2.40. The Morgan fingerprint density at radius 3 is 2.44 bits per heavy atom. The largest absolute Gasteiger partial charge is 0.466 e. The van der Waals surface area contributed by atoms with Gasteiger partial charge in [0.25, 0.3) is 0 Å². The molecular weight excluding hydrogens is 414 g/mol. The highest BCUT2D eigenvalue weighted by Crippen LogP contribution is 2.46. The van der Waals surface area contributed by atoms with E-state index in [4.69, 9.17) is 14.2 Å². The highest BCUT2D eigenvalue weighted by Gasteiger charge is 2.54. The summed E-state index contributed by atoms with van der Waals surface area (Å²) >= 11 is 0. The van der Waals surface area contributed by atoms with Crippen molar-refractivity contribution in [3.05, 3.63) is 0 Å². The third kappa shape index (κ3) is 6.43. The number of guanidine groups is 1. The van der Waals surface area contributed by atoms with E-state index in [0.717, 1.165) is 0 Å². The Kier molecular flexibility index (Phi) is 8.67. The molecule has 9 heteroatoms. The van der Waals surface area contributed by atoms with Crippen molar-refractivity contribution in [1.29, 1.82) is 0 Å². The molecule has 0 aromatic rings. The molecule has 9 nitrogen and oxygen atoms in total. The van der Waals surface area contributed by atoms with E-state index in [-0.39, 0.29) is 42.1 Å². The Hall–Kier alpha value is -2.16. The molecular formula is C23H39N3O6. The van der Waals surface area contributed by atoms with Gasteiger partial charge in [0.2, 0.25) is 11.9 Å². The number of amides is 2. The van der Waals surface area contributed by atoms with Gasteiger partial charge in [-0.25, -0.2) is 4.79 Å². The monoisotopic (exact) mass is 453 g/mol. The smallest absolute Gasteiger partial charge is 0.437 e. The first-order chi connectivity index (χ1) is 15.0.